The van der Waals surface area contributed by atoms with Crippen LogP contribution in [0.3, 0.4) is 0 Å². The molecule has 4 aromatic carbocycles. The zero-order chi connectivity index (χ0) is 34.3. The van der Waals surface area contributed by atoms with Crippen molar-refractivity contribution in [2.45, 2.75) is 97.1 Å². The molecule has 1 aliphatic heterocycles. The van der Waals surface area contributed by atoms with Crippen molar-refractivity contribution in [3.05, 3.63) is 107 Å². The second-order valence-electron chi connectivity index (χ2n) is 14.6. The van der Waals surface area contributed by atoms with Gasteiger partial charge in [0.1, 0.15) is 19.7 Å². The summed E-state index contributed by atoms with van der Waals surface area (Å²) in [5.41, 5.74) is 7.11. The molecule has 7 heteroatoms. The molecule has 1 saturated heterocycles. The van der Waals surface area contributed by atoms with Gasteiger partial charge in [-0.2, -0.15) is 0 Å². The lowest BCUT2D eigenvalue weighted by molar-refractivity contribution is 0.00578. The summed E-state index contributed by atoms with van der Waals surface area (Å²) >= 11 is 0. The molecule has 0 aliphatic carbocycles. The van der Waals surface area contributed by atoms with Crippen LogP contribution in [0.5, 0.6) is 0 Å². The molecule has 0 unspecified atom stereocenters. The van der Waals surface area contributed by atoms with Crippen LogP contribution in [0.15, 0.2) is 83.9 Å². The average Bonchev–Trinajstić information content (AvgIpc) is 3.23. The van der Waals surface area contributed by atoms with Crippen molar-refractivity contribution in [1.82, 2.24) is 0 Å². The highest BCUT2D eigenvalue weighted by atomic mass is 28.3. The van der Waals surface area contributed by atoms with E-state index in [2.05, 4.69) is 53.0 Å². The van der Waals surface area contributed by atoms with Gasteiger partial charge in [-0.25, -0.2) is 13.8 Å². The maximum atomic E-state index is 16.0. The summed E-state index contributed by atoms with van der Waals surface area (Å²) in [5, 5.41) is 0.598. The number of fused-ring (bicyclic) bond motifs is 1. The summed E-state index contributed by atoms with van der Waals surface area (Å²) < 4.78 is 45.1. The van der Waals surface area contributed by atoms with E-state index in [4.69, 9.17) is 14.3 Å². The van der Waals surface area contributed by atoms with E-state index in [-0.39, 0.29) is 10.9 Å². The van der Waals surface area contributed by atoms with E-state index in [0.29, 0.717) is 33.2 Å². The van der Waals surface area contributed by atoms with E-state index in [1.165, 1.54) is 0 Å². The van der Waals surface area contributed by atoms with Crippen LogP contribution in [-0.2, 0) is 9.31 Å². The third-order valence-corrected chi connectivity index (χ3v) is 16.6. The van der Waals surface area contributed by atoms with Crippen molar-refractivity contribution >= 4 is 42.8 Å². The monoisotopic (exact) mass is 649 g/mol. The summed E-state index contributed by atoms with van der Waals surface area (Å²) in [6.45, 7) is 21.2. The van der Waals surface area contributed by atoms with Crippen LogP contribution in [0.4, 0.5) is 14.5 Å². The lowest BCUT2D eigenvalue weighted by atomic mass is 9.74. The van der Waals surface area contributed by atoms with Crippen LogP contribution in [0, 0.1) is 23.1 Å². The zero-order valence-electron chi connectivity index (χ0n) is 29.3. The first-order valence-corrected chi connectivity index (χ1v) is 18.9. The molecule has 244 valence electrons. The smallest absolute Gasteiger partial charge is 0.399 e. The largest absolute Gasteiger partial charge is 0.495 e. The number of rotatable bonds is 7. The van der Waals surface area contributed by atoms with Crippen LogP contribution >= 0.6 is 0 Å². The lowest BCUT2D eigenvalue weighted by Gasteiger charge is -2.38. The number of benzene rings is 4. The molecular weight excluding hydrogens is 603 g/mol. The lowest BCUT2D eigenvalue weighted by Crippen LogP contribution is -2.43. The van der Waals surface area contributed by atoms with E-state index in [9.17, 15) is 0 Å². The highest BCUT2D eigenvalue weighted by Gasteiger charge is 2.52. The van der Waals surface area contributed by atoms with Crippen LogP contribution in [-0.4, -0.2) is 32.1 Å². The summed E-state index contributed by atoms with van der Waals surface area (Å²) in [7, 11) is -3.13. The molecule has 1 heterocycles. The standard InChI is InChI=1S/C40H46BF2NO2Si/c1-26(2)47(27(3)4,28(5)6)22-21-32-35(42)25-36(43)33-23-31(24-34(37(32)33)41-45-39(7,8)40(9,10)46-41)44-38(29-17-13-11-14-18-29)30-19-15-12-16-20-30/h11-20,23-28H,1-10H3. The topological polar surface area (TPSA) is 30.8 Å². The van der Waals surface area contributed by atoms with Crippen molar-refractivity contribution in [3.63, 3.8) is 0 Å². The van der Waals surface area contributed by atoms with Gasteiger partial charge in [0.05, 0.1) is 28.2 Å². The molecule has 0 atom stereocenters. The Balaban J connectivity index is 1.85. The molecular formula is C40H46BF2NO2Si. The Morgan fingerprint density at radius 3 is 1.68 bits per heavy atom. The molecule has 0 spiro atoms. The SMILES string of the molecule is CC(C)[Si](C#Cc1c(F)cc(F)c2cc(N=C(c3ccccc3)c3ccccc3)cc(B3OC(C)(C)C(C)(C)O3)c12)(C(C)C)C(C)C. The Bertz CT molecular complexity index is 1780. The summed E-state index contributed by atoms with van der Waals surface area (Å²) in [5.74, 6) is 1.94. The van der Waals surface area contributed by atoms with E-state index in [1.54, 1.807) is 6.07 Å². The molecule has 0 radical (unpaired) electrons. The molecule has 5 rings (SSSR count). The fourth-order valence-electron chi connectivity index (χ4n) is 7.06. The van der Waals surface area contributed by atoms with Crippen molar-refractivity contribution in [2.24, 2.45) is 4.99 Å². The number of nitrogens with zero attached hydrogens (tertiary/aromatic N) is 1. The number of hydrogen-bond donors (Lipinski definition) is 0. The highest BCUT2D eigenvalue weighted by molar-refractivity contribution is 6.90. The molecule has 1 aliphatic rings. The number of halogens is 2. The van der Waals surface area contributed by atoms with Gasteiger partial charge in [0.2, 0.25) is 0 Å². The molecule has 0 amide bonds. The third kappa shape index (κ3) is 6.48. The minimum absolute atomic E-state index is 0.173. The van der Waals surface area contributed by atoms with E-state index >= 15 is 8.78 Å². The average molecular weight is 650 g/mol. The predicted molar refractivity (Wildman–Crippen MR) is 196 cm³/mol. The molecule has 0 aromatic heterocycles. The quantitative estimate of drug-likeness (QED) is 0.113. The fraction of sp³-hybridized carbons (Fsp3) is 0.375. The van der Waals surface area contributed by atoms with Crippen LogP contribution in [0.2, 0.25) is 16.6 Å². The second kappa shape index (κ2) is 13.1. The maximum Gasteiger partial charge on any atom is 0.495 e. The first kappa shape index (κ1) is 34.8. The summed E-state index contributed by atoms with van der Waals surface area (Å²) in [6.07, 6.45) is 0. The van der Waals surface area contributed by atoms with Crippen molar-refractivity contribution in [3.8, 4) is 11.5 Å². The van der Waals surface area contributed by atoms with Gasteiger partial charge in [0, 0.05) is 28.0 Å². The first-order valence-electron chi connectivity index (χ1n) is 16.6. The zero-order valence-corrected chi connectivity index (χ0v) is 30.3. The summed E-state index contributed by atoms with van der Waals surface area (Å²) in [6, 6.07) is 24.3. The van der Waals surface area contributed by atoms with Crippen LogP contribution in [0.1, 0.15) is 85.9 Å². The minimum atomic E-state index is -2.24. The molecule has 0 saturated carbocycles. The Labute approximate surface area is 281 Å². The van der Waals surface area contributed by atoms with Crippen molar-refractivity contribution in [2.75, 3.05) is 0 Å². The Hall–Kier alpha value is -3.57. The Kier molecular flexibility index (Phi) is 9.72. The molecule has 0 bridgehead atoms. The Morgan fingerprint density at radius 2 is 1.21 bits per heavy atom. The molecule has 1 fully saturated rings. The highest BCUT2D eigenvalue weighted by Crippen LogP contribution is 2.42. The van der Waals surface area contributed by atoms with Gasteiger partial charge in [-0.3, -0.25) is 0 Å². The minimum Gasteiger partial charge on any atom is -0.399 e. The fourth-order valence-corrected chi connectivity index (χ4v) is 12.3. The first-order chi connectivity index (χ1) is 22.1. The Morgan fingerprint density at radius 1 is 0.723 bits per heavy atom. The van der Waals surface area contributed by atoms with Gasteiger partial charge in [-0.05, 0) is 61.9 Å². The predicted octanol–water partition coefficient (Wildman–Crippen LogP) is 10.2. The van der Waals surface area contributed by atoms with Crippen LogP contribution in [0.25, 0.3) is 10.8 Å². The maximum absolute atomic E-state index is 16.0. The van der Waals surface area contributed by atoms with E-state index in [1.807, 2.05) is 94.4 Å². The van der Waals surface area contributed by atoms with Gasteiger partial charge in [0.25, 0.3) is 0 Å². The van der Waals surface area contributed by atoms with E-state index < -0.39 is 38.0 Å². The third-order valence-electron chi connectivity index (χ3n) is 10.3. The van der Waals surface area contributed by atoms with Gasteiger partial charge in [0.15, 0.2) is 0 Å². The van der Waals surface area contributed by atoms with Crippen molar-refractivity contribution in [1.29, 1.82) is 0 Å². The number of aliphatic imine (C=N–C) groups is 1. The van der Waals surface area contributed by atoms with Gasteiger partial charge >= 0.3 is 7.12 Å². The van der Waals surface area contributed by atoms with Crippen LogP contribution < -0.4 is 5.46 Å². The normalized spacial score (nSPS) is 15.8. The van der Waals surface area contributed by atoms with Crippen molar-refractivity contribution < 1.29 is 18.1 Å². The molecule has 3 nitrogen and oxygen atoms in total. The van der Waals surface area contributed by atoms with Gasteiger partial charge < -0.3 is 9.31 Å². The molecule has 4 aromatic rings. The summed E-state index contributed by atoms with van der Waals surface area (Å²) in [4.78, 5) is 5.12. The van der Waals surface area contributed by atoms with Gasteiger partial charge in [-0.1, -0.05) is 108 Å². The van der Waals surface area contributed by atoms with Gasteiger partial charge in [-0.15, -0.1) is 5.54 Å². The second-order valence-corrected chi connectivity index (χ2v) is 20.2. The number of hydrogen-bond acceptors (Lipinski definition) is 3. The van der Waals surface area contributed by atoms with E-state index in [0.717, 1.165) is 22.9 Å². The molecule has 0 N–H and O–H groups in total. The molecule has 47 heavy (non-hydrogen) atoms.